The van der Waals surface area contributed by atoms with Crippen LogP contribution in [0.3, 0.4) is 0 Å². The zero-order valence-corrected chi connectivity index (χ0v) is 17.3. The molecular formula is C24H26N4O2. The van der Waals surface area contributed by atoms with E-state index in [4.69, 9.17) is 20.4 Å². The van der Waals surface area contributed by atoms with Crippen LogP contribution in [-0.2, 0) is 4.74 Å². The largest absolute Gasteiger partial charge is 0.462 e. The fraction of sp³-hybridized carbons (Fsp3) is 0.292. The van der Waals surface area contributed by atoms with Gasteiger partial charge in [0.05, 0.1) is 23.7 Å². The summed E-state index contributed by atoms with van der Waals surface area (Å²) < 4.78 is 7.41. The maximum absolute atomic E-state index is 13.0. The molecule has 4 aromatic rings. The fourth-order valence-corrected chi connectivity index (χ4v) is 3.75. The van der Waals surface area contributed by atoms with Crippen molar-refractivity contribution >= 4 is 34.0 Å². The molecule has 154 valence electrons. The van der Waals surface area contributed by atoms with Crippen molar-refractivity contribution in [1.82, 2.24) is 14.5 Å². The average molecular weight is 402 g/mol. The molecule has 0 radical (unpaired) electrons. The molecule has 0 unspecified atom stereocenters. The zero-order chi connectivity index (χ0) is 21.1. The number of anilines is 1. The highest BCUT2D eigenvalue weighted by Crippen LogP contribution is 2.33. The van der Waals surface area contributed by atoms with Crippen molar-refractivity contribution in [3.8, 4) is 0 Å². The van der Waals surface area contributed by atoms with E-state index in [2.05, 4.69) is 6.92 Å². The highest BCUT2D eigenvalue weighted by atomic mass is 16.5. The van der Waals surface area contributed by atoms with Gasteiger partial charge in [0, 0.05) is 0 Å². The SMILES string of the molecule is CCCCCOC(=O)c1c(N)n([C@H](C)c2ccccc2)c2nc3ccccc3nc12. The Hall–Kier alpha value is -3.41. The fourth-order valence-electron chi connectivity index (χ4n) is 3.75. The third kappa shape index (κ3) is 3.61. The van der Waals surface area contributed by atoms with Crippen molar-refractivity contribution in [2.45, 2.75) is 39.2 Å². The summed E-state index contributed by atoms with van der Waals surface area (Å²) in [4.78, 5) is 22.5. The lowest BCUT2D eigenvalue weighted by Gasteiger charge is -2.17. The minimum Gasteiger partial charge on any atom is -0.462 e. The van der Waals surface area contributed by atoms with E-state index >= 15 is 0 Å². The van der Waals surface area contributed by atoms with Crippen LogP contribution in [0.1, 0.15) is 55.1 Å². The van der Waals surface area contributed by atoms with Crippen molar-refractivity contribution < 1.29 is 9.53 Å². The van der Waals surface area contributed by atoms with Gasteiger partial charge in [0.1, 0.15) is 16.9 Å². The summed E-state index contributed by atoms with van der Waals surface area (Å²) in [6.07, 6.45) is 2.90. The molecule has 2 aromatic heterocycles. The third-order valence-corrected chi connectivity index (χ3v) is 5.39. The van der Waals surface area contributed by atoms with Crippen LogP contribution < -0.4 is 5.73 Å². The lowest BCUT2D eigenvalue weighted by Crippen LogP contribution is -2.13. The molecule has 0 aliphatic heterocycles. The van der Waals surface area contributed by atoms with Crippen LogP contribution in [0.5, 0.6) is 0 Å². The second-order valence-corrected chi connectivity index (χ2v) is 7.44. The molecule has 30 heavy (non-hydrogen) atoms. The third-order valence-electron chi connectivity index (χ3n) is 5.39. The number of carbonyl (C=O) groups excluding carboxylic acids is 1. The number of fused-ring (bicyclic) bond motifs is 2. The van der Waals surface area contributed by atoms with Gasteiger partial charge in [-0.05, 0) is 31.0 Å². The number of para-hydroxylation sites is 2. The van der Waals surface area contributed by atoms with E-state index in [-0.39, 0.29) is 6.04 Å². The topological polar surface area (TPSA) is 83.0 Å². The van der Waals surface area contributed by atoms with Gasteiger partial charge in [0.15, 0.2) is 5.65 Å². The predicted molar refractivity (Wildman–Crippen MR) is 120 cm³/mol. The van der Waals surface area contributed by atoms with E-state index < -0.39 is 5.97 Å². The maximum atomic E-state index is 13.0. The molecule has 0 aliphatic carbocycles. The summed E-state index contributed by atoms with van der Waals surface area (Å²) in [6, 6.07) is 17.5. The molecule has 6 heteroatoms. The Bertz CT molecular complexity index is 1180. The van der Waals surface area contributed by atoms with Crippen LogP contribution in [0.15, 0.2) is 54.6 Å². The van der Waals surface area contributed by atoms with Crippen LogP contribution in [0.2, 0.25) is 0 Å². The van der Waals surface area contributed by atoms with E-state index in [1.54, 1.807) is 0 Å². The smallest absolute Gasteiger partial charge is 0.344 e. The van der Waals surface area contributed by atoms with Gasteiger partial charge in [0.2, 0.25) is 0 Å². The summed E-state index contributed by atoms with van der Waals surface area (Å²) >= 11 is 0. The standard InChI is InChI=1S/C24H26N4O2/c1-3-4-10-15-30-24(29)20-21-23(27-19-14-9-8-13-18(19)26-21)28(22(20)25)16(2)17-11-6-5-7-12-17/h5-9,11-14,16H,3-4,10,15,25H2,1-2H3/t16-/m1/s1. The lowest BCUT2D eigenvalue weighted by atomic mass is 10.1. The second-order valence-electron chi connectivity index (χ2n) is 7.44. The Morgan fingerprint density at radius 2 is 1.70 bits per heavy atom. The zero-order valence-electron chi connectivity index (χ0n) is 17.3. The number of rotatable bonds is 7. The van der Waals surface area contributed by atoms with E-state index in [9.17, 15) is 4.79 Å². The number of nitrogens with zero attached hydrogens (tertiary/aromatic N) is 3. The Labute approximate surface area is 175 Å². The molecule has 0 bridgehead atoms. The number of hydrogen-bond donors (Lipinski definition) is 1. The van der Waals surface area contributed by atoms with Crippen molar-refractivity contribution in [1.29, 1.82) is 0 Å². The number of nitrogens with two attached hydrogens (primary N) is 1. The Morgan fingerprint density at radius 3 is 2.40 bits per heavy atom. The normalized spacial score (nSPS) is 12.3. The highest BCUT2D eigenvalue weighted by molar-refractivity contribution is 6.08. The number of esters is 1. The van der Waals surface area contributed by atoms with Gasteiger partial charge in [-0.2, -0.15) is 0 Å². The van der Waals surface area contributed by atoms with E-state index in [1.807, 2.05) is 66.1 Å². The quantitative estimate of drug-likeness (QED) is 0.342. The lowest BCUT2D eigenvalue weighted by molar-refractivity contribution is 0.0501. The van der Waals surface area contributed by atoms with Crippen molar-refractivity contribution in [3.63, 3.8) is 0 Å². The Morgan fingerprint density at radius 1 is 1.03 bits per heavy atom. The van der Waals surface area contributed by atoms with Gasteiger partial charge in [0.25, 0.3) is 0 Å². The summed E-state index contributed by atoms with van der Waals surface area (Å²) in [5, 5.41) is 0. The number of ether oxygens (including phenoxy) is 1. The predicted octanol–water partition coefficient (Wildman–Crippen LogP) is 5.12. The van der Waals surface area contributed by atoms with E-state index in [0.29, 0.717) is 29.2 Å². The molecule has 0 spiro atoms. The molecule has 0 aliphatic rings. The first kappa shape index (κ1) is 19.9. The number of aromatic nitrogens is 3. The molecule has 6 nitrogen and oxygen atoms in total. The molecule has 2 aromatic carbocycles. The second kappa shape index (κ2) is 8.53. The molecule has 1 atom stereocenters. The van der Waals surface area contributed by atoms with Crippen LogP contribution in [0.25, 0.3) is 22.2 Å². The maximum Gasteiger partial charge on any atom is 0.344 e. The van der Waals surface area contributed by atoms with Crippen LogP contribution in [0.4, 0.5) is 5.82 Å². The van der Waals surface area contributed by atoms with Gasteiger partial charge < -0.3 is 15.0 Å². The minimum atomic E-state index is -0.447. The van der Waals surface area contributed by atoms with Crippen molar-refractivity contribution in [3.05, 3.63) is 65.7 Å². The number of nitrogen functional groups attached to an aromatic ring is 1. The molecule has 0 saturated carbocycles. The van der Waals surface area contributed by atoms with Crippen LogP contribution >= 0.6 is 0 Å². The first-order chi connectivity index (χ1) is 14.6. The summed E-state index contributed by atoms with van der Waals surface area (Å²) in [6.45, 7) is 4.52. The first-order valence-corrected chi connectivity index (χ1v) is 10.4. The van der Waals surface area contributed by atoms with Gasteiger partial charge in [-0.3, -0.25) is 0 Å². The number of unbranched alkanes of at least 4 members (excludes halogenated alkanes) is 2. The molecule has 2 N–H and O–H groups in total. The van der Waals surface area contributed by atoms with Crippen molar-refractivity contribution in [2.24, 2.45) is 0 Å². The monoisotopic (exact) mass is 402 g/mol. The number of benzene rings is 2. The van der Waals surface area contributed by atoms with Crippen LogP contribution in [0, 0.1) is 0 Å². The van der Waals surface area contributed by atoms with Gasteiger partial charge in [-0.25, -0.2) is 14.8 Å². The van der Waals surface area contributed by atoms with Gasteiger partial charge in [-0.1, -0.05) is 62.2 Å². The molecule has 2 heterocycles. The molecule has 4 rings (SSSR count). The van der Waals surface area contributed by atoms with Gasteiger partial charge >= 0.3 is 5.97 Å². The molecule has 0 amide bonds. The summed E-state index contributed by atoms with van der Waals surface area (Å²) in [5.74, 6) is -0.116. The summed E-state index contributed by atoms with van der Waals surface area (Å²) in [5.41, 5.74) is 10.4. The Balaban J connectivity index is 1.87. The van der Waals surface area contributed by atoms with E-state index in [0.717, 1.165) is 35.9 Å². The number of carbonyl (C=O) groups is 1. The number of hydrogen-bond acceptors (Lipinski definition) is 5. The molecule has 0 saturated heterocycles. The van der Waals surface area contributed by atoms with Crippen molar-refractivity contribution in [2.75, 3.05) is 12.3 Å². The average Bonchev–Trinajstić information content (AvgIpc) is 3.05. The Kier molecular flexibility index (Phi) is 5.65. The van der Waals surface area contributed by atoms with Crippen LogP contribution in [-0.4, -0.2) is 27.1 Å². The summed E-state index contributed by atoms with van der Waals surface area (Å²) in [7, 11) is 0. The highest BCUT2D eigenvalue weighted by Gasteiger charge is 2.27. The van der Waals surface area contributed by atoms with Gasteiger partial charge in [-0.15, -0.1) is 0 Å². The minimum absolute atomic E-state index is 0.120. The molecular weight excluding hydrogens is 376 g/mol. The molecule has 0 fully saturated rings. The first-order valence-electron chi connectivity index (χ1n) is 10.4. The van der Waals surface area contributed by atoms with E-state index in [1.165, 1.54) is 0 Å².